The first-order chi connectivity index (χ1) is 12.2. The van der Waals surface area contributed by atoms with E-state index in [2.05, 4.69) is 5.32 Å². The number of rotatable bonds is 7. The third kappa shape index (κ3) is 6.25. The minimum Gasteiger partial charge on any atom is -0.550 e. The van der Waals surface area contributed by atoms with Gasteiger partial charge in [-0.2, -0.15) is 0 Å². The zero-order valence-electron chi connectivity index (χ0n) is 15.2. The van der Waals surface area contributed by atoms with Crippen molar-refractivity contribution in [1.29, 1.82) is 0 Å². The molecule has 0 aromatic heterocycles. The van der Waals surface area contributed by atoms with E-state index in [0.29, 0.717) is 17.1 Å². The van der Waals surface area contributed by atoms with Gasteiger partial charge in [-0.1, -0.05) is 31.5 Å². The molecule has 26 heavy (non-hydrogen) atoms. The molecule has 1 fully saturated rings. The van der Waals surface area contributed by atoms with Crippen LogP contribution in [0.15, 0.2) is 18.2 Å². The van der Waals surface area contributed by atoms with Crippen molar-refractivity contribution in [3.05, 3.63) is 34.6 Å². The number of likely N-dealkylation sites (tertiary alicyclic amines) is 1. The molecule has 2 N–H and O–H groups in total. The van der Waals surface area contributed by atoms with Crippen molar-refractivity contribution in [3.8, 4) is 0 Å². The summed E-state index contributed by atoms with van der Waals surface area (Å²) in [6, 6.07) is 4.78. The van der Waals surface area contributed by atoms with Crippen LogP contribution in [0.5, 0.6) is 0 Å². The molecule has 7 heteroatoms. The molecule has 0 aliphatic carbocycles. The van der Waals surface area contributed by atoms with E-state index in [1.165, 1.54) is 11.0 Å². The summed E-state index contributed by atoms with van der Waals surface area (Å²) in [7, 11) is 0. The Kier molecular flexibility index (Phi) is 7.01. The van der Waals surface area contributed by atoms with Crippen molar-refractivity contribution in [2.24, 2.45) is 5.41 Å². The smallest absolute Gasteiger partial charge is 0.220 e. The molecule has 0 radical (unpaired) electrons. The van der Waals surface area contributed by atoms with Crippen molar-refractivity contribution in [2.45, 2.75) is 52.1 Å². The Hall–Kier alpha value is -1.66. The van der Waals surface area contributed by atoms with Crippen molar-refractivity contribution < 1.29 is 24.0 Å². The van der Waals surface area contributed by atoms with Crippen LogP contribution in [0.25, 0.3) is 0 Å². The maximum atomic E-state index is 13.9. The molecule has 1 amide bonds. The number of benzene rings is 1. The van der Waals surface area contributed by atoms with E-state index in [-0.39, 0.29) is 30.6 Å². The number of quaternary nitrogens is 1. The molecular weight excluding hydrogens is 359 g/mol. The normalized spacial score (nSPS) is 20.6. The Balaban J connectivity index is 1.79. The number of aliphatic carboxylic acids is 1. The van der Waals surface area contributed by atoms with Gasteiger partial charge >= 0.3 is 0 Å². The quantitative estimate of drug-likeness (QED) is 0.726. The number of carbonyl (C=O) groups excluding carboxylic acids is 2. The molecule has 1 saturated heterocycles. The summed E-state index contributed by atoms with van der Waals surface area (Å²) >= 11 is 6.09. The Morgan fingerprint density at radius 3 is 2.54 bits per heavy atom. The largest absolute Gasteiger partial charge is 0.550 e. The SMILES string of the molecule is CC(C)(CC(=O)[O-])CC(=O)NC1CC[NH+](Cc2c(F)cccc2Cl)CC1. The lowest BCUT2D eigenvalue weighted by atomic mass is 9.85. The van der Waals surface area contributed by atoms with E-state index in [1.807, 2.05) is 0 Å². The van der Waals surface area contributed by atoms with Crippen LogP contribution in [0.4, 0.5) is 4.39 Å². The fourth-order valence-electron chi connectivity index (χ4n) is 3.46. The van der Waals surface area contributed by atoms with Crippen LogP contribution < -0.4 is 15.3 Å². The van der Waals surface area contributed by atoms with Gasteiger partial charge in [0.25, 0.3) is 0 Å². The molecule has 5 nitrogen and oxygen atoms in total. The first-order valence-electron chi connectivity index (χ1n) is 8.92. The second-order valence-electron chi connectivity index (χ2n) is 7.86. The third-order valence-corrected chi connectivity index (χ3v) is 5.16. The monoisotopic (exact) mass is 384 g/mol. The third-order valence-electron chi connectivity index (χ3n) is 4.81. The molecule has 2 rings (SSSR count). The van der Waals surface area contributed by atoms with Gasteiger partial charge in [0.05, 0.1) is 23.7 Å². The van der Waals surface area contributed by atoms with Gasteiger partial charge in [-0.25, -0.2) is 4.39 Å². The summed E-state index contributed by atoms with van der Waals surface area (Å²) in [5.41, 5.74) is -0.0908. The number of piperidine rings is 1. The highest BCUT2D eigenvalue weighted by Crippen LogP contribution is 2.24. The van der Waals surface area contributed by atoms with Crippen molar-refractivity contribution in [2.75, 3.05) is 13.1 Å². The lowest BCUT2D eigenvalue weighted by Crippen LogP contribution is -3.12. The van der Waals surface area contributed by atoms with Gasteiger partial charge < -0.3 is 20.1 Å². The molecule has 1 aliphatic rings. The van der Waals surface area contributed by atoms with Crippen LogP contribution in [0.3, 0.4) is 0 Å². The molecule has 0 saturated carbocycles. The van der Waals surface area contributed by atoms with Crippen LogP contribution in [0, 0.1) is 11.2 Å². The average molecular weight is 385 g/mol. The number of carboxylic acids is 1. The van der Waals surface area contributed by atoms with Gasteiger partial charge in [0.1, 0.15) is 12.4 Å². The van der Waals surface area contributed by atoms with Crippen LogP contribution in [-0.2, 0) is 16.1 Å². The number of carbonyl (C=O) groups is 2. The first-order valence-corrected chi connectivity index (χ1v) is 9.30. The van der Waals surface area contributed by atoms with Gasteiger partial charge in [0.2, 0.25) is 5.91 Å². The number of amides is 1. The van der Waals surface area contributed by atoms with Gasteiger partial charge in [-0.3, -0.25) is 4.79 Å². The summed E-state index contributed by atoms with van der Waals surface area (Å²) in [5.74, 6) is -1.57. The first kappa shape index (κ1) is 20.6. The van der Waals surface area contributed by atoms with Gasteiger partial charge in [-0.05, 0) is 24.0 Å². The average Bonchev–Trinajstić information content (AvgIpc) is 2.50. The van der Waals surface area contributed by atoms with E-state index in [9.17, 15) is 19.1 Å². The Bertz CT molecular complexity index is 638. The summed E-state index contributed by atoms with van der Waals surface area (Å²) in [4.78, 5) is 24.1. The molecule has 1 aliphatic heterocycles. The molecule has 1 aromatic rings. The highest BCUT2D eigenvalue weighted by molar-refractivity contribution is 6.31. The highest BCUT2D eigenvalue weighted by atomic mass is 35.5. The second-order valence-corrected chi connectivity index (χ2v) is 8.27. The fourth-order valence-corrected chi connectivity index (χ4v) is 3.69. The lowest BCUT2D eigenvalue weighted by molar-refractivity contribution is -0.919. The summed E-state index contributed by atoms with van der Waals surface area (Å²) in [6.45, 7) is 5.65. The Morgan fingerprint density at radius 1 is 1.31 bits per heavy atom. The van der Waals surface area contributed by atoms with Crippen molar-refractivity contribution >= 4 is 23.5 Å². The molecule has 1 aromatic carbocycles. The maximum Gasteiger partial charge on any atom is 0.220 e. The zero-order chi connectivity index (χ0) is 19.3. The molecular formula is C19H26ClFN2O3. The maximum absolute atomic E-state index is 13.9. The van der Waals surface area contributed by atoms with E-state index < -0.39 is 11.4 Å². The van der Waals surface area contributed by atoms with Crippen LogP contribution in [0.2, 0.25) is 5.02 Å². The topological polar surface area (TPSA) is 73.7 Å². The summed E-state index contributed by atoms with van der Waals surface area (Å²) in [5, 5.41) is 14.2. The van der Waals surface area contributed by atoms with E-state index in [1.54, 1.807) is 26.0 Å². The minimum absolute atomic E-state index is 0.0705. The van der Waals surface area contributed by atoms with E-state index >= 15 is 0 Å². The number of carboxylic acid groups (broad SMARTS) is 1. The summed E-state index contributed by atoms with van der Waals surface area (Å²) in [6.07, 6.45) is 1.60. The fraction of sp³-hybridized carbons (Fsp3) is 0.579. The van der Waals surface area contributed by atoms with Crippen LogP contribution >= 0.6 is 11.6 Å². The Labute approximate surface area is 158 Å². The van der Waals surface area contributed by atoms with Gasteiger partial charge in [0.15, 0.2) is 0 Å². The van der Waals surface area contributed by atoms with Gasteiger partial charge in [-0.15, -0.1) is 0 Å². The molecule has 144 valence electrons. The van der Waals surface area contributed by atoms with Crippen molar-refractivity contribution in [1.82, 2.24) is 5.32 Å². The standard InChI is InChI=1S/C19H26ClFN2O3/c1-19(2,11-18(25)26)10-17(24)22-13-6-8-23(9-7-13)12-14-15(20)4-3-5-16(14)21/h3-5,13H,6-12H2,1-2H3,(H,22,24)(H,25,26). The molecule has 0 atom stereocenters. The zero-order valence-corrected chi connectivity index (χ0v) is 16.0. The lowest BCUT2D eigenvalue weighted by Gasteiger charge is -2.31. The predicted molar refractivity (Wildman–Crippen MR) is 95.0 cm³/mol. The number of halogens is 2. The van der Waals surface area contributed by atoms with Crippen molar-refractivity contribution in [3.63, 3.8) is 0 Å². The predicted octanol–water partition coefficient (Wildman–Crippen LogP) is 0.699. The number of nitrogens with one attached hydrogen (secondary N) is 2. The molecule has 0 bridgehead atoms. The minimum atomic E-state index is -1.15. The van der Waals surface area contributed by atoms with E-state index in [0.717, 1.165) is 25.9 Å². The summed E-state index contributed by atoms with van der Waals surface area (Å²) < 4.78 is 13.9. The van der Waals surface area contributed by atoms with Crippen LogP contribution in [-0.4, -0.2) is 31.0 Å². The molecule has 0 spiro atoms. The highest BCUT2D eigenvalue weighted by Gasteiger charge is 2.27. The second kappa shape index (κ2) is 8.82. The number of hydrogen-bond donors (Lipinski definition) is 2. The van der Waals surface area contributed by atoms with Crippen LogP contribution in [0.1, 0.15) is 45.1 Å². The van der Waals surface area contributed by atoms with E-state index in [4.69, 9.17) is 11.6 Å². The molecule has 1 heterocycles. The Morgan fingerprint density at radius 2 is 1.96 bits per heavy atom. The molecule has 0 unspecified atom stereocenters. The van der Waals surface area contributed by atoms with Gasteiger partial charge in [0, 0.05) is 31.3 Å². The number of hydrogen-bond acceptors (Lipinski definition) is 3.